The van der Waals surface area contributed by atoms with Crippen molar-refractivity contribution in [3.63, 3.8) is 0 Å². The van der Waals surface area contributed by atoms with Crippen molar-refractivity contribution in [3.8, 4) is 0 Å². The molecule has 0 bridgehead atoms. The Hall–Kier alpha value is -0.330. The molecule has 7 heteroatoms. The monoisotopic (exact) mass is 336 g/mol. The van der Waals surface area contributed by atoms with Crippen LogP contribution >= 0.6 is 23.2 Å². The minimum absolute atomic E-state index is 0.00842. The summed E-state index contributed by atoms with van der Waals surface area (Å²) in [7, 11) is -3.39. The Bertz CT molecular complexity index is 557. The van der Waals surface area contributed by atoms with Gasteiger partial charge < -0.3 is 5.32 Å². The summed E-state index contributed by atoms with van der Waals surface area (Å²) in [5.74, 6) is -0.106. The van der Waals surface area contributed by atoms with E-state index in [2.05, 4.69) is 17.0 Å². The number of rotatable bonds is 4. The van der Waals surface area contributed by atoms with Crippen LogP contribution in [-0.4, -0.2) is 27.0 Å². The van der Waals surface area contributed by atoms with Crippen molar-refractivity contribution in [1.29, 1.82) is 0 Å². The second kappa shape index (κ2) is 6.62. The van der Waals surface area contributed by atoms with E-state index in [1.54, 1.807) is 18.2 Å². The summed E-state index contributed by atoms with van der Waals surface area (Å²) >= 11 is 11.8. The van der Waals surface area contributed by atoms with E-state index in [1.165, 1.54) is 0 Å². The van der Waals surface area contributed by atoms with Crippen molar-refractivity contribution < 1.29 is 8.42 Å². The molecule has 1 aliphatic heterocycles. The number of nitrogens with one attached hydrogen (secondary N) is 2. The molecule has 2 rings (SSSR count). The van der Waals surface area contributed by atoms with Crippen molar-refractivity contribution in [2.45, 2.75) is 37.6 Å². The highest BCUT2D eigenvalue weighted by molar-refractivity contribution is 7.88. The Morgan fingerprint density at radius 3 is 2.55 bits per heavy atom. The molecule has 2 unspecified atom stereocenters. The second-order valence-electron chi connectivity index (χ2n) is 5.23. The largest absolute Gasteiger partial charge is 0.314 e. The van der Waals surface area contributed by atoms with Crippen molar-refractivity contribution in [2.75, 3.05) is 6.54 Å². The van der Waals surface area contributed by atoms with Gasteiger partial charge in [-0.2, -0.15) is 0 Å². The van der Waals surface area contributed by atoms with Crippen LogP contribution in [0.5, 0.6) is 0 Å². The van der Waals surface area contributed by atoms with E-state index in [1.807, 2.05) is 0 Å². The van der Waals surface area contributed by atoms with Crippen LogP contribution in [0.3, 0.4) is 0 Å². The lowest BCUT2D eigenvalue weighted by molar-refractivity contribution is 0.361. The van der Waals surface area contributed by atoms with Crippen molar-refractivity contribution >= 4 is 33.2 Å². The molecule has 1 aromatic carbocycles. The highest BCUT2D eigenvalue weighted by Crippen LogP contribution is 2.20. The molecule has 1 aliphatic rings. The fraction of sp³-hybridized carbons (Fsp3) is 0.538. The molecule has 0 amide bonds. The molecular weight excluding hydrogens is 319 g/mol. The summed E-state index contributed by atoms with van der Waals surface area (Å²) in [5, 5.41) is 4.18. The van der Waals surface area contributed by atoms with Crippen LogP contribution in [0.25, 0.3) is 0 Å². The molecule has 1 saturated heterocycles. The van der Waals surface area contributed by atoms with E-state index in [4.69, 9.17) is 23.2 Å². The van der Waals surface area contributed by atoms with E-state index in [-0.39, 0.29) is 11.8 Å². The van der Waals surface area contributed by atoms with Gasteiger partial charge in [0.1, 0.15) is 0 Å². The standard InChI is InChI=1S/C13H18Cl2N2O2S/c1-9-4-13(2-3-16-9)17-20(18,19)8-10-5-11(14)7-12(15)6-10/h5-7,9,13,16-17H,2-4,8H2,1H3. The molecule has 0 aliphatic carbocycles. The fourth-order valence-electron chi connectivity index (χ4n) is 2.45. The van der Waals surface area contributed by atoms with Crippen LogP contribution in [0.15, 0.2) is 18.2 Å². The smallest absolute Gasteiger partial charge is 0.216 e. The number of piperidine rings is 1. The predicted octanol–water partition coefficient (Wildman–Crippen LogP) is 2.55. The van der Waals surface area contributed by atoms with Crippen LogP contribution < -0.4 is 10.0 Å². The van der Waals surface area contributed by atoms with Gasteiger partial charge >= 0.3 is 0 Å². The number of halogens is 2. The topological polar surface area (TPSA) is 58.2 Å². The van der Waals surface area contributed by atoms with Crippen molar-refractivity contribution in [2.24, 2.45) is 0 Å². The maximum absolute atomic E-state index is 12.2. The van der Waals surface area contributed by atoms with Gasteiger partial charge in [-0.15, -0.1) is 0 Å². The highest BCUT2D eigenvalue weighted by Gasteiger charge is 2.23. The average Bonchev–Trinajstić information content (AvgIpc) is 2.25. The van der Waals surface area contributed by atoms with Crippen LogP contribution in [-0.2, 0) is 15.8 Å². The minimum Gasteiger partial charge on any atom is -0.314 e. The summed E-state index contributed by atoms with van der Waals surface area (Å²) < 4.78 is 27.1. The van der Waals surface area contributed by atoms with E-state index in [0.29, 0.717) is 21.7 Å². The van der Waals surface area contributed by atoms with Crippen molar-refractivity contribution in [3.05, 3.63) is 33.8 Å². The van der Waals surface area contributed by atoms with Crippen LogP contribution in [0.2, 0.25) is 10.0 Å². The summed E-state index contributed by atoms with van der Waals surface area (Å²) in [4.78, 5) is 0. The van der Waals surface area contributed by atoms with Gasteiger partial charge in [0.2, 0.25) is 10.0 Å². The maximum Gasteiger partial charge on any atom is 0.216 e. The van der Waals surface area contributed by atoms with Crippen LogP contribution in [0.4, 0.5) is 0 Å². The Morgan fingerprint density at radius 1 is 1.30 bits per heavy atom. The lowest BCUT2D eigenvalue weighted by atomic mass is 10.0. The molecule has 1 aromatic rings. The van der Waals surface area contributed by atoms with Crippen LogP contribution in [0.1, 0.15) is 25.3 Å². The van der Waals surface area contributed by atoms with Gasteiger partial charge in [-0.25, -0.2) is 13.1 Å². The molecule has 0 aromatic heterocycles. The zero-order chi connectivity index (χ0) is 14.8. The zero-order valence-electron chi connectivity index (χ0n) is 11.2. The highest BCUT2D eigenvalue weighted by atomic mass is 35.5. The predicted molar refractivity (Wildman–Crippen MR) is 82.7 cm³/mol. The first-order chi connectivity index (χ1) is 9.34. The summed E-state index contributed by atoms with van der Waals surface area (Å²) in [6.07, 6.45) is 1.61. The first-order valence-electron chi connectivity index (χ1n) is 6.52. The molecule has 0 saturated carbocycles. The third kappa shape index (κ3) is 4.90. The number of sulfonamides is 1. The SMILES string of the molecule is CC1CC(NS(=O)(=O)Cc2cc(Cl)cc(Cl)c2)CCN1. The fourth-order valence-corrected chi connectivity index (χ4v) is 4.43. The second-order valence-corrected chi connectivity index (χ2v) is 7.86. The van der Waals surface area contributed by atoms with Gasteiger partial charge in [0.05, 0.1) is 5.75 Å². The zero-order valence-corrected chi connectivity index (χ0v) is 13.5. The number of benzene rings is 1. The van der Waals surface area contributed by atoms with Gasteiger partial charge in [0.25, 0.3) is 0 Å². The normalized spacial score (nSPS) is 23.8. The van der Waals surface area contributed by atoms with Gasteiger partial charge in [0.15, 0.2) is 0 Å². The molecular formula is C13H18Cl2N2O2S. The average molecular weight is 337 g/mol. The van der Waals surface area contributed by atoms with E-state index in [0.717, 1.165) is 19.4 Å². The third-order valence-corrected chi connectivity index (χ3v) is 5.09. The van der Waals surface area contributed by atoms with E-state index >= 15 is 0 Å². The first kappa shape index (κ1) is 16.0. The first-order valence-corrected chi connectivity index (χ1v) is 8.93. The van der Waals surface area contributed by atoms with Gasteiger partial charge in [-0.3, -0.25) is 0 Å². The molecule has 1 fully saturated rings. The van der Waals surface area contributed by atoms with E-state index < -0.39 is 10.0 Å². The van der Waals surface area contributed by atoms with Gasteiger partial charge in [-0.05, 0) is 50.1 Å². The maximum atomic E-state index is 12.2. The van der Waals surface area contributed by atoms with Crippen LogP contribution in [0, 0.1) is 0 Å². The Labute approximate surface area is 129 Å². The Morgan fingerprint density at radius 2 is 1.95 bits per heavy atom. The van der Waals surface area contributed by atoms with Gasteiger partial charge in [0, 0.05) is 22.1 Å². The lowest BCUT2D eigenvalue weighted by Gasteiger charge is -2.28. The summed E-state index contributed by atoms with van der Waals surface area (Å²) in [5.41, 5.74) is 0.594. The summed E-state index contributed by atoms with van der Waals surface area (Å²) in [6.45, 7) is 2.88. The molecule has 0 spiro atoms. The minimum atomic E-state index is -3.39. The molecule has 20 heavy (non-hydrogen) atoms. The quantitative estimate of drug-likeness (QED) is 0.888. The molecule has 112 valence electrons. The summed E-state index contributed by atoms with van der Waals surface area (Å²) in [6, 6.07) is 5.15. The Kier molecular flexibility index (Phi) is 5.31. The molecule has 0 radical (unpaired) electrons. The molecule has 2 N–H and O–H groups in total. The molecule has 1 heterocycles. The van der Waals surface area contributed by atoms with Crippen molar-refractivity contribution in [1.82, 2.24) is 10.0 Å². The Balaban J connectivity index is 2.03. The number of hydrogen-bond donors (Lipinski definition) is 2. The lowest BCUT2D eigenvalue weighted by Crippen LogP contribution is -2.46. The molecule has 2 atom stereocenters. The third-order valence-electron chi connectivity index (χ3n) is 3.25. The van der Waals surface area contributed by atoms with Gasteiger partial charge in [-0.1, -0.05) is 23.2 Å². The number of hydrogen-bond acceptors (Lipinski definition) is 3. The molecule has 4 nitrogen and oxygen atoms in total. The van der Waals surface area contributed by atoms with E-state index in [9.17, 15) is 8.42 Å².